The quantitative estimate of drug-likeness (QED) is 0.848. The maximum Gasteiger partial charge on any atom is 0.122 e. The molecule has 0 radical (unpaired) electrons. The molecule has 0 fully saturated rings. The number of aliphatic hydroxyl groups excluding tert-OH is 1. The number of rotatable bonds is 5. The lowest BCUT2D eigenvalue weighted by molar-refractivity contribution is 0.106. The fourth-order valence-corrected chi connectivity index (χ4v) is 2.27. The monoisotopic (exact) mass is 234 g/mol. The smallest absolute Gasteiger partial charge is 0.122 e. The van der Waals surface area contributed by atoms with Gasteiger partial charge in [-0.05, 0) is 36.0 Å². The molecule has 1 aromatic carbocycles. The van der Waals surface area contributed by atoms with Gasteiger partial charge in [-0.1, -0.05) is 32.4 Å². The first kappa shape index (κ1) is 12.4. The largest absolute Gasteiger partial charge is 0.493 e. The lowest BCUT2D eigenvalue weighted by atomic mass is 9.95. The van der Waals surface area contributed by atoms with Crippen LogP contribution in [0.1, 0.15) is 37.8 Å². The highest BCUT2D eigenvalue weighted by Gasteiger charge is 2.14. The third-order valence-electron chi connectivity index (χ3n) is 3.78. The summed E-state index contributed by atoms with van der Waals surface area (Å²) in [7, 11) is 0. The van der Waals surface area contributed by atoms with Gasteiger partial charge >= 0.3 is 0 Å². The Balaban J connectivity index is 1.91. The van der Waals surface area contributed by atoms with Crippen molar-refractivity contribution in [1.29, 1.82) is 0 Å². The topological polar surface area (TPSA) is 29.5 Å². The molecule has 0 bridgehead atoms. The van der Waals surface area contributed by atoms with E-state index in [9.17, 15) is 5.11 Å². The molecule has 2 atom stereocenters. The molecule has 2 heteroatoms. The predicted molar refractivity (Wildman–Crippen MR) is 69.4 cm³/mol. The predicted octanol–water partition coefficient (Wildman–Crippen LogP) is 2.96. The molecule has 17 heavy (non-hydrogen) atoms. The number of aryl methyl sites for hydroxylation is 1. The summed E-state index contributed by atoms with van der Waals surface area (Å²) in [5.41, 5.74) is 2.64. The summed E-state index contributed by atoms with van der Waals surface area (Å²) < 4.78 is 5.49. The van der Waals surface area contributed by atoms with Crippen LogP contribution in [0.15, 0.2) is 18.2 Å². The van der Waals surface area contributed by atoms with E-state index in [0.717, 1.165) is 38.0 Å². The first-order valence-corrected chi connectivity index (χ1v) is 6.63. The van der Waals surface area contributed by atoms with Gasteiger partial charge in [-0.2, -0.15) is 0 Å². The van der Waals surface area contributed by atoms with E-state index in [4.69, 9.17) is 4.74 Å². The van der Waals surface area contributed by atoms with Gasteiger partial charge in [-0.3, -0.25) is 0 Å². The summed E-state index contributed by atoms with van der Waals surface area (Å²) in [6.07, 6.45) is 3.70. The lowest BCUT2D eigenvalue weighted by Gasteiger charge is -2.16. The summed E-state index contributed by atoms with van der Waals surface area (Å²) >= 11 is 0. The number of ether oxygens (including phenoxy) is 1. The zero-order chi connectivity index (χ0) is 12.3. The Kier molecular flexibility index (Phi) is 4.06. The zero-order valence-corrected chi connectivity index (χ0v) is 10.8. The Morgan fingerprint density at radius 2 is 2.24 bits per heavy atom. The van der Waals surface area contributed by atoms with Crippen LogP contribution in [-0.4, -0.2) is 17.8 Å². The normalized spacial score (nSPS) is 17.4. The zero-order valence-electron chi connectivity index (χ0n) is 10.8. The molecule has 2 unspecified atom stereocenters. The molecule has 1 heterocycles. The van der Waals surface area contributed by atoms with Gasteiger partial charge in [-0.15, -0.1) is 0 Å². The maximum atomic E-state index is 9.95. The molecule has 0 saturated heterocycles. The van der Waals surface area contributed by atoms with Crippen LogP contribution in [-0.2, 0) is 12.8 Å². The molecule has 1 N–H and O–H groups in total. The van der Waals surface area contributed by atoms with E-state index in [2.05, 4.69) is 32.0 Å². The summed E-state index contributed by atoms with van der Waals surface area (Å²) in [6.45, 7) is 5.05. The first-order valence-electron chi connectivity index (χ1n) is 6.63. The first-order chi connectivity index (χ1) is 8.20. The average molecular weight is 234 g/mol. The van der Waals surface area contributed by atoms with E-state index < -0.39 is 0 Å². The molecule has 1 aromatic rings. The fraction of sp³-hybridized carbons (Fsp3) is 0.600. The minimum absolute atomic E-state index is 0.176. The van der Waals surface area contributed by atoms with Gasteiger partial charge in [0.1, 0.15) is 5.75 Å². The SMILES string of the molecule is CCC(C)C(O)CCc1ccc2c(c1)CCO2. The van der Waals surface area contributed by atoms with Gasteiger partial charge in [0.2, 0.25) is 0 Å². The summed E-state index contributed by atoms with van der Waals surface area (Å²) in [5, 5.41) is 9.95. The molecule has 1 aliphatic rings. The minimum atomic E-state index is -0.176. The van der Waals surface area contributed by atoms with Crippen LogP contribution in [0, 0.1) is 5.92 Å². The highest BCUT2D eigenvalue weighted by molar-refractivity contribution is 5.39. The Hall–Kier alpha value is -1.02. The van der Waals surface area contributed by atoms with Crippen molar-refractivity contribution < 1.29 is 9.84 Å². The van der Waals surface area contributed by atoms with Crippen LogP contribution in [0.3, 0.4) is 0 Å². The van der Waals surface area contributed by atoms with E-state index in [1.165, 1.54) is 11.1 Å². The van der Waals surface area contributed by atoms with Crippen LogP contribution in [0.5, 0.6) is 5.75 Å². The number of hydrogen-bond donors (Lipinski definition) is 1. The van der Waals surface area contributed by atoms with Gasteiger partial charge in [0.15, 0.2) is 0 Å². The summed E-state index contributed by atoms with van der Waals surface area (Å²) in [6, 6.07) is 6.41. The van der Waals surface area contributed by atoms with Crippen molar-refractivity contribution in [1.82, 2.24) is 0 Å². The average Bonchev–Trinajstić information content (AvgIpc) is 2.82. The van der Waals surface area contributed by atoms with Crippen molar-refractivity contribution in [3.63, 3.8) is 0 Å². The van der Waals surface area contributed by atoms with E-state index in [-0.39, 0.29) is 6.10 Å². The van der Waals surface area contributed by atoms with E-state index in [1.54, 1.807) is 0 Å². The number of fused-ring (bicyclic) bond motifs is 1. The minimum Gasteiger partial charge on any atom is -0.493 e. The van der Waals surface area contributed by atoms with Crippen LogP contribution in [0.2, 0.25) is 0 Å². The molecule has 0 saturated carbocycles. The molecule has 2 rings (SSSR count). The summed E-state index contributed by atoms with van der Waals surface area (Å²) in [4.78, 5) is 0. The van der Waals surface area contributed by atoms with Gasteiger partial charge in [0, 0.05) is 6.42 Å². The Bertz CT molecular complexity index is 373. The van der Waals surface area contributed by atoms with Crippen molar-refractivity contribution in [2.75, 3.05) is 6.61 Å². The van der Waals surface area contributed by atoms with Crippen molar-refractivity contribution in [3.05, 3.63) is 29.3 Å². The maximum absolute atomic E-state index is 9.95. The molecule has 0 spiro atoms. The molecule has 0 amide bonds. The molecule has 2 nitrogen and oxygen atoms in total. The van der Waals surface area contributed by atoms with Crippen molar-refractivity contribution in [2.24, 2.45) is 5.92 Å². The van der Waals surface area contributed by atoms with Crippen molar-refractivity contribution in [3.8, 4) is 5.75 Å². The second kappa shape index (κ2) is 5.54. The van der Waals surface area contributed by atoms with Crippen LogP contribution in [0.25, 0.3) is 0 Å². The fourth-order valence-electron chi connectivity index (χ4n) is 2.27. The van der Waals surface area contributed by atoms with E-state index >= 15 is 0 Å². The molecular weight excluding hydrogens is 212 g/mol. The molecule has 94 valence electrons. The molecule has 1 aliphatic heterocycles. The lowest BCUT2D eigenvalue weighted by Crippen LogP contribution is -2.17. The van der Waals surface area contributed by atoms with Gasteiger partial charge in [0.25, 0.3) is 0 Å². The van der Waals surface area contributed by atoms with Crippen LogP contribution < -0.4 is 4.74 Å². The highest BCUT2D eigenvalue weighted by Crippen LogP contribution is 2.26. The Labute approximate surface area is 104 Å². The Morgan fingerprint density at radius 1 is 1.41 bits per heavy atom. The molecular formula is C15H22O2. The van der Waals surface area contributed by atoms with Gasteiger partial charge in [-0.25, -0.2) is 0 Å². The van der Waals surface area contributed by atoms with E-state index in [0.29, 0.717) is 5.92 Å². The highest BCUT2D eigenvalue weighted by atomic mass is 16.5. The van der Waals surface area contributed by atoms with Crippen LogP contribution in [0.4, 0.5) is 0 Å². The van der Waals surface area contributed by atoms with Crippen molar-refractivity contribution in [2.45, 2.75) is 45.6 Å². The van der Waals surface area contributed by atoms with Gasteiger partial charge < -0.3 is 9.84 Å². The number of benzene rings is 1. The molecule has 0 aromatic heterocycles. The third-order valence-corrected chi connectivity index (χ3v) is 3.78. The Morgan fingerprint density at radius 3 is 3.00 bits per heavy atom. The number of aliphatic hydroxyl groups is 1. The standard InChI is InChI=1S/C15H22O2/c1-3-11(2)14(16)6-4-12-5-7-15-13(10-12)8-9-17-15/h5,7,10-11,14,16H,3-4,6,8-9H2,1-2H3. The summed E-state index contributed by atoms with van der Waals surface area (Å²) in [5.74, 6) is 1.43. The van der Waals surface area contributed by atoms with Crippen LogP contribution >= 0.6 is 0 Å². The number of hydrogen-bond acceptors (Lipinski definition) is 2. The molecule has 0 aliphatic carbocycles. The third kappa shape index (κ3) is 3.01. The second-order valence-corrected chi connectivity index (χ2v) is 5.03. The van der Waals surface area contributed by atoms with Crippen molar-refractivity contribution >= 4 is 0 Å². The second-order valence-electron chi connectivity index (χ2n) is 5.03. The van der Waals surface area contributed by atoms with Gasteiger partial charge in [0.05, 0.1) is 12.7 Å². The van der Waals surface area contributed by atoms with E-state index in [1.807, 2.05) is 0 Å².